The smallest absolute Gasteiger partial charge is 0.305 e. The van der Waals surface area contributed by atoms with Crippen LogP contribution >= 0.6 is 0 Å². The topological polar surface area (TPSA) is 85.2 Å². The van der Waals surface area contributed by atoms with Crippen molar-refractivity contribution in [3.8, 4) is 0 Å². The first kappa shape index (κ1) is 26.3. The molecule has 1 heterocycles. The van der Waals surface area contributed by atoms with Crippen LogP contribution in [0.5, 0.6) is 0 Å². The monoisotopic (exact) mass is 440 g/mol. The summed E-state index contributed by atoms with van der Waals surface area (Å²) in [5.41, 5.74) is 0. The van der Waals surface area contributed by atoms with Crippen LogP contribution in [-0.2, 0) is 19.0 Å². The lowest BCUT2D eigenvalue weighted by atomic mass is 9.85. The van der Waals surface area contributed by atoms with Gasteiger partial charge in [-0.1, -0.05) is 44.8 Å². The first-order chi connectivity index (χ1) is 15.0. The van der Waals surface area contributed by atoms with E-state index >= 15 is 0 Å². The van der Waals surface area contributed by atoms with Crippen LogP contribution in [0.3, 0.4) is 0 Å². The van der Waals surface area contributed by atoms with Gasteiger partial charge in [0.1, 0.15) is 0 Å². The molecule has 1 saturated heterocycles. The summed E-state index contributed by atoms with van der Waals surface area (Å²) in [7, 11) is 1.41. The quantitative estimate of drug-likeness (QED) is 0.221. The zero-order valence-corrected chi connectivity index (χ0v) is 19.6. The minimum absolute atomic E-state index is 0.0508. The minimum Gasteiger partial charge on any atom is -0.469 e. The number of hydrogen-bond acceptors (Lipinski definition) is 6. The van der Waals surface area contributed by atoms with E-state index in [1.807, 2.05) is 0 Å². The molecule has 6 heteroatoms. The van der Waals surface area contributed by atoms with Crippen molar-refractivity contribution >= 4 is 5.97 Å². The Hall–Kier alpha value is -0.950. The predicted molar refractivity (Wildman–Crippen MR) is 120 cm³/mol. The molecule has 6 nitrogen and oxygen atoms in total. The molecule has 31 heavy (non-hydrogen) atoms. The van der Waals surface area contributed by atoms with E-state index in [2.05, 4.69) is 23.8 Å². The van der Waals surface area contributed by atoms with Crippen molar-refractivity contribution in [2.75, 3.05) is 20.3 Å². The maximum atomic E-state index is 11.2. The molecule has 2 aliphatic rings. The third-order valence-electron chi connectivity index (χ3n) is 6.91. The molecule has 0 spiro atoms. The molecule has 2 rings (SSSR count). The number of ether oxygens (including phenoxy) is 3. The number of methoxy groups -OCH3 is 1. The van der Waals surface area contributed by atoms with Crippen LogP contribution in [0, 0.1) is 11.8 Å². The van der Waals surface area contributed by atoms with Crippen LogP contribution < -0.4 is 0 Å². The van der Waals surface area contributed by atoms with Gasteiger partial charge in [0.25, 0.3) is 0 Å². The number of aliphatic hydroxyl groups is 2. The summed E-state index contributed by atoms with van der Waals surface area (Å²) in [5.74, 6) is -0.582. The van der Waals surface area contributed by atoms with Crippen LogP contribution in [0.25, 0.3) is 0 Å². The van der Waals surface area contributed by atoms with Crippen LogP contribution in [0.1, 0.15) is 90.4 Å². The summed E-state index contributed by atoms with van der Waals surface area (Å²) in [6.07, 6.45) is 14.9. The van der Waals surface area contributed by atoms with Crippen LogP contribution in [0.4, 0.5) is 0 Å². The molecule has 4 atom stereocenters. The van der Waals surface area contributed by atoms with Crippen molar-refractivity contribution < 1.29 is 29.2 Å². The second-order valence-electron chi connectivity index (χ2n) is 9.18. The van der Waals surface area contributed by atoms with Crippen LogP contribution in [0.15, 0.2) is 12.2 Å². The van der Waals surface area contributed by atoms with E-state index in [0.717, 1.165) is 44.9 Å². The molecule has 2 fully saturated rings. The zero-order chi connectivity index (χ0) is 22.5. The lowest BCUT2D eigenvalue weighted by molar-refractivity contribution is -0.171. The van der Waals surface area contributed by atoms with Gasteiger partial charge in [-0.05, 0) is 50.4 Å². The van der Waals surface area contributed by atoms with E-state index in [0.29, 0.717) is 26.1 Å². The minimum atomic E-state index is -0.506. The summed E-state index contributed by atoms with van der Waals surface area (Å²) >= 11 is 0. The second-order valence-corrected chi connectivity index (χ2v) is 9.18. The SMILES string of the molecule is CCCCCCCC1(CC[C@@H]2C(CC=CCCCC(=O)OC)[C@@H](O)C[C@H]2O)OCCO1. The second kappa shape index (κ2) is 14.2. The molecule has 180 valence electrons. The van der Waals surface area contributed by atoms with Gasteiger partial charge < -0.3 is 24.4 Å². The zero-order valence-electron chi connectivity index (χ0n) is 19.6. The number of carbonyl (C=O) groups is 1. The Labute approximate surface area is 188 Å². The normalized spacial score (nSPS) is 27.9. The van der Waals surface area contributed by atoms with Gasteiger partial charge in [-0.25, -0.2) is 0 Å². The molecule has 0 bridgehead atoms. The number of carbonyl (C=O) groups excluding carboxylic acids is 1. The Balaban J connectivity index is 1.80. The average molecular weight is 441 g/mol. The van der Waals surface area contributed by atoms with Gasteiger partial charge >= 0.3 is 5.97 Å². The van der Waals surface area contributed by atoms with Crippen molar-refractivity contribution in [2.24, 2.45) is 11.8 Å². The third-order valence-corrected chi connectivity index (χ3v) is 6.91. The van der Waals surface area contributed by atoms with Crippen molar-refractivity contribution in [1.82, 2.24) is 0 Å². The molecule has 0 aromatic carbocycles. The highest BCUT2D eigenvalue weighted by Crippen LogP contribution is 2.41. The van der Waals surface area contributed by atoms with Gasteiger partial charge in [-0.3, -0.25) is 4.79 Å². The first-order valence-corrected chi connectivity index (χ1v) is 12.4. The molecule has 1 aliphatic carbocycles. The molecular weight excluding hydrogens is 396 g/mol. The fraction of sp³-hybridized carbons (Fsp3) is 0.880. The highest BCUT2D eigenvalue weighted by Gasteiger charge is 2.43. The number of aliphatic hydroxyl groups excluding tert-OH is 2. The van der Waals surface area contributed by atoms with Gasteiger partial charge in [0, 0.05) is 19.3 Å². The fourth-order valence-electron chi connectivity index (χ4n) is 5.04. The Bertz CT molecular complexity index is 528. The summed E-state index contributed by atoms with van der Waals surface area (Å²) in [6, 6.07) is 0. The maximum absolute atomic E-state index is 11.2. The largest absolute Gasteiger partial charge is 0.469 e. The molecule has 0 amide bonds. The van der Waals surface area contributed by atoms with Gasteiger partial charge in [0.2, 0.25) is 0 Å². The van der Waals surface area contributed by atoms with E-state index in [9.17, 15) is 15.0 Å². The molecule has 1 unspecified atom stereocenters. The lowest BCUT2D eigenvalue weighted by Gasteiger charge is -2.31. The molecule has 0 aromatic heterocycles. The highest BCUT2D eigenvalue weighted by atomic mass is 16.7. The van der Waals surface area contributed by atoms with Crippen molar-refractivity contribution in [2.45, 2.75) is 108 Å². The summed E-state index contributed by atoms with van der Waals surface area (Å²) in [4.78, 5) is 11.2. The molecule has 1 aliphatic heterocycles. The first-order valence-electron chi connectivity index (χ1n) is 12.4. The predicted octanol–water partition coefficient (Wildman–Crippen LogP) is 4.52. The lowest BCUT2D eigenvalue weighted by Crippen LogP contribution is -2.33. The van der Waals surface area contributed by atoms with Crippen molar-refractivity contribution in [3.63, 3.8) is 0 Å². The molecule has 0 radical (unpaired) electrons. The third kappa shape index (κ3) is 8.83. The van der Waals surface area contributed by atoms with Crippen LogP contribution in [0.2, 0.25) is 0 Å². The number of rotatable bonds is 15. The Kier molecular flexibility index (Phi) is 12.1. The van der Waals surface area contributed by atoms with E-state index in [1.165, 1.54) is 32.8 Å². The van der Waals surface area contributed by atoms with Crippen molar-refractivity contribution in [3.05, 3.63) is 12.2 Å². The Morgan fingerprint density at radius 1 is 1.00 bits per heavy atom. The highest BCUT2D eigenvalue weighted by molar-refractivity contribution is 5.69. The molecule has 2 N–H and O–H groups in total. The van der Waals surface area contributed by atoms with E-state index in [4.69, 9.17) is 9.47 Å². The van der Waals surface area contributed by atoms with Gasteiger partial charge in [-0.15, -0.1) is 0 Å². The number of unbranched alkanes of at least 4 members (excludes halogenated alkanes) is 5. The molecular formula is C25H44O6. The summed E-state index contributed by atoms with van der Waals surface area (Å²) < 4.78 is 16.7. The van der Waals surface area contributed by atoms with E-state index < -0.39 is 18.0 Å². The van der Waals surface area contributed by atoms with Gasteiger partial charge in [0.05, 0.1) is 32.5 Å². The maximum Gasteiger partial charge on any atom is 0.305 e. The number of allylic oxidation sites excluding steroid dienone is 2. The Morgan fingerprint density at radius 3 is 2.42 bits per heavy atom. The number of hydrogen-bond donors (Lipinski definition) is 2. The summed E-state index contributed by atoms with van der Waals surface area (Å²) in [5, 5.41) is 21.1. The van der Waals surface area contributed by atoms with E-state index in [1.54, 1.807) is 0 Å². The molecule has 1 saturated carbocycles. The summed E-state index contributed by atoms with van der Waals surface area (Å²) in [6.45, 7) is 3.51. The van der Waals surface area contributed by atoms with Crippen LogP contribution in [-0.4, -0.2) is 54.5 Å². The van der Waals surface area contributed by atoms with Crippen molar-refractivity contribution in [1.29, 1.82) is 0 Å². The standard InChI is InChI=1S/C25H44O6/c1-3-4-5-8-11-15-25(30-17-18-31-25)16-14-21-20(22(26)19-23(21)27)12-9-6-7-10-13-24(28)29-2/h6,9,20-23,26-27H,3-5,7-8,10-19H2,1-2H3/t20?,21-,22+,23-/m1/s1. The van der Waals surface area contributed by atoms with Gasteiger partial charge in [-0.2, -0.15) is 0 Å². The fourth-order valence-corrected chi connectivity index (χ4v) is 5.04. The average Bonchev–Trinajstić information content (AvgIpc) is 3.33. The number of esters is 1. The van der Waals surface area contributed by atoms with E-state index in [-0.39, 0.29) is 17.8 Å². The Morgan fingerprint density at radius 2 is 1.71 bits per heavy atom. The van der Waals surface area contributed by atoms with Gasteiger partial charge in [0.15, 0.2) is 5.79 Å². The molecule has 0 aromatic rings.